The highest BCUT2D eigenvalue weighted by Gasteiger charge is 2.56. The zero-order chi connectivity index (χ0) is 25.1. The third-order valence-electron chi connectivity index (χ3n) is 6.87. The average molecular weight is 550 g/mol. The molecule has 3 atom stereocenters. The third-order valence-corrected chi connectivity index (χ3v) is 7.31. The number of anilines is 2. The van der Waals surface area contributed by atoms with E-state index in [1.807, 2.05) is 0 Å². The summed E-state index contributed by atoms with van der Waals surface area (Å²) in [6, 6.07) is 9.27. The van der Waals surface area contributed by atoms with Crippen LogP contribution < -0.4 is 11.1 Å². The van der Waals surface area contributed by atoms with E-state index in [1.165, 1.54) is 18.5 Å². The van der Waals surface area contributed by atoms with E-state index in [0.29, 0.717) is 44.7 Å². The maximum atomic E-state index is 13.7. The molecule has 1 saturated heterocycles. The van der Waals surface area contributed by atoms with Gasteiger partial charge >= 0.3 is 5.97 Å². The van der Waals surface area contributed by atoms with Crippen LogP contribution in [0.1, 0.15) is 23.2 Å². The molecule has 182 valence electrons. The van der Waals surface area contributed by atoms with Crippen LogP contribution in [0.4, 0.5) is 11.6 Å². The smallest absolute Gasteiger partial charge is 0.335 e. The first kappa shape index (κ1) is 22.4. The van der Waals surface area contributed by atoms with Gasteiger partial charge < -0.3 is 25.6 Å². The number of halogens is 1. The van der Waals surface area contributed by atoms with Gasteiger partial charge in [-0.25, -0.2) is 19.7 Å². The van der Waals surface area contributed by atoms with Gasteiger partial charge in [0.05, 0.1) is 16.5 Å². The molecule has 2 fully saturated rings. The molecule has 2 amide bonds. The molecule has 4 aromatic rings. The van der Waals surface area contributed by atoms with Crippen LogP contribution in [-0.4, -0.2) is 59.4 Å². The largest absolute Gasteiger partial charge is 0.478 e. The molecular weight excluding hydrogens is 530 g/mol. The Kier molecular flexibility index (Phi) is 5.14. The first-order valence-corrected chi connectivity index (χ1v) is 12.1. The number of pyridine rings is 1. The zero-order valence-electron chi connectivity index (χ0n) is 18.8. The third kappa shape index (κ3) is 3.65. The second-order valence-corrected chi connectivity index (χ2v) is 9.84. The van der Waals surface area contributed by atoms with Crippen molar-refractivity contribution in [3.8, 4) is 0 Å². The van der Waals surface area contributed by atoms with Crippen LogP contribution >= 0.6 is 15.9 Å². The van der Waals surface area contributed by atoms with Crippen molar-refractivity contribution in [1.29, 1.82) is 0 Å². The molecule has 1 aliphatic carbocycles. The van der Waals surface area contributed by atoms with E-state index >= 15 is 0 Å². The number of carbonyl (C=O) groups is 3. The molecule has 1 aromatic carbocycles. The molecular formula is C24H20BrN7O4. The molecule has 0 bridgehead atoms. The number of likely N-dealkylation sites (tertiary alicyclic amines) is 1. The second kappa shape index (κ2) is 8.26. The van der Waals surface area contributed by atoms with Crippen molar-refractivity contribution in [3.05, 3.63) is 52.9 Å². The molecule has 6 rings (SSSR count). The van der Waals surface area contributed by atoms with Gasteiger partial charge in [0.1, 0.15) is 40.8 Å². The maximum absolute atomic E-state index is 13.7. The number of carboxylic acid groups (broad SMARTS) is 1. The van der Waals surface area contributed by atoms with Crippen molar-refractivity contribution in [2.45, 2.75) is 31.5 Å². The summed E-state index contributed by atoms with van der Waals surface area (Å²) in [5.74, 6) is -0.668. The van der Waals surface area contributed by atoms with E-state index in [1.54, 1.807) is 33.7 Å². The highest BCUT2D eigenvalue weighted by Crippen LogP contribution is 2.48. The summed E-state index contributed by atoms with van der Waals surface area (Å²) in [4.78, 5) is 52.6. The number of fused-ring (bicyclic) bond motifs is 4. The van der Waals surface area contributed by atoms with Gasteiger partial charge in [-0.1, -0.05) is 6.07 Å². The summed E-state index contributed by atoms with van der Waals surface area (Å²) >= 11 is 3.30. The van der Waals surface area contributed by atoms with Crippen molar-refractivity contribution < 1.29 is 19.5 Å². The first-order valence-electron chi connectivity index (χ1n) is 11.3. The van der Waals surface area contributed by atoms with Crippen molar-refractivity contribution >= 4 is 67.3 Å². The predicted octanol–water partition coefficient (Wildman–Crippen LogP) is 2.65. The minimum Gasteiger partial charge on any atom is -0.478 e. The van der Waals surface area contributed by atoms with Crippen LogP contribution in [-0.2, 0) is 16.1 Å². The lowest BCUT2D eigenvalue weighted by molar-refractivity contribution is -0.138. The number of benzene rings is 1. The molecule has 12 heteroatoms. The number of rotatable bonds is 5. The lowest BCUT2D eigenvalue weighted by Crippen LogP contribution is -2.46. The number of aromatic carboxylic acids is 1. The van der Waals surface area contributed by atoms with Gasteiger partial charge in [-0.15, -0.1) is 0 Å². The number of carboxylic acids is 1. The molecule has 4 N–H and O–H groups in total. The fourth-order valence-electron chi connectivity index (χ4n) is 5.18. The minimum atomic E-state index is -1.07. The Balaban J connectivity index is 1.34. The molecule has 3 aromatic heterocycles. The van der Waals surface area contributed by atoms with Gasteiger partial charge in [-0.05, 0) is 65.0 Å². The van der Waals surface area contributed by atoms with Gasteiger partial charge in [-0.3, -0.25) is 9.59 Å². The van der Waals surface area contributed by atoms with Crippen LogP contribution in [0.3, 0.4) is 0 Å². The lowest BCUT2D eigenvalue weighted by Gasteiger charge is -2.27. The number of nitrogens with two attached hydrogens (primary N) is 1. The fourth-order valence-corrected chi connectivity index (χ4v) is 5.53. The first-order chi connectivity index (χ1) is 17.3. The average Bonchev–Trinajstić information content (AvgIpc) is 3.39. The molecule has 11 nitrogen and oxygen atoms in total. The number of nitrogens with one attached hydrogen (secondary N) is 1. The Morgan fingerprint density at radius 1 is 1.17 bits per heavy atom. The number of nitrogens with zero attached hydrogens (tertiary/aromatic N) is 5. The maximum Gasteiger partial charge on any atom is 0.335 e. The molecule has 0 unspecified atom stereocenters. The number of nitrogen functional groups attached to an aromatic ring is 1. The van der Waals surface area contributed by atoms with E-state index in [4.69, 9.17) is 5.73 Å². The minimum absolute atomic E-state index is 0.0233. The zero-order valence-corrected chi connectivity index (χ0v) is 20.3. The summed E-state index contributed by atoms with van der Waals surface area (Å²) in [5.41, 5.74) is 7.25. The van der Waals surface area contributed by atoms with Gasteiger partial charge in [0.2, 0.25) is 11.8 Å². The summed E-state index contributed by atoms with van der Waals surface area (Å²) in [6.07, 6.45) is 2.78. The highest BCUT2D eigenvalue weighted by molar-refractivity contribution is 9.10. The van der Waals surface area contributed by atoms with E-state index in [-0.39, 0.29) is 35.8 Å². The van der Waals surface area contributed by atoms with Crippen LogP contribution in [0.5, 0.6) is 0 Å². The number of hydrogen-bond acceptors (Lipinski definition) is 7. The molecule has 0 radical (unpaired) electrons. The van der Waals surface area contributed by atoms with Gasteiger partial charge in [0.15, 0.2) is 0 Å². The molecule has 4 heterocycles. The second-order valence-electron chi connectivity index (χ2n) is 9.03. The summed E-state index contributed by atoms with van der Waals surface area (Å²) in [5, 5.41) is 13.3. The Morgan fingerprint density at radius 2 is 2.00 bits per heavy atom. The number of amides is 2. The summed E-state index contributed by atoms with van der Waals surface area (Å²) < 4.78 is 2.30. The number of carbonyl (C=O) groups excluding carboxylic acids is 2. The van der Waals surface area contributed by atoms with Crippen molar-refractivity contribution in [2.75, 3.05) is 11.1 Å². The molecule has 0 spiro atoms. The fraction of sp³-hybridized carbons (Fsp3) is 0.250. The Hall–Kier alpha value is -4.06. The van der Waals surface area contributed by atoms with Crippen LogP contribution in [0.2, 0.25) is 0 Å². The van der Waals surface area contributed by atoms with Crippen molar-refractivity contribution in [1.82, 2.24) is 24.4 Å². The molecule has 2 aliphatic rings. The SMILES string of the molecule is Nc1ncnc2c1c1cc(C(=O)O)ccc1n2CC(=O)N1[C@@H]2C[C@@H]2C[C@H]1C(=O)Nc1cccc(Br)n1. The number of piperidine rings is 1. The van der Waals surface area contributed by atoms with Gasteiger partial charge in [0, 0.05) is 11.4 Å². The quantitative estimate of drug-likeness (QED) is 0.320. The summed E-state index contributed by atoms with van der Waals surface area (Å²) in [7, 11) is 0. The van der Waals surface area contributed by atoms with Crippen LogP contribution in [0, 0.1) is 5.92 Å². The molecule has 36 heavy (non-hydrogen) atoms. The topological polar surface area (TPSA) is 156 Å². The van der Waals surface area contributed by atoms with Crippen molar-refractivity contribution in [3.63, 3.8) is 0 Å². The normalized spacial score (nSPS) is 20.5. The highest BCUT2D eigenvalue weighted by atomic mass is 79.9. The van der Waals surface area contributed by atoms with E-state index in [0.717, 1.165) is 6.42 Å². The van der Waals surface area contributed by atoms with Crippen LogP contribution in [0.25, 0.3) is 21.9 Å². The monoisotopic (exact) mass is 549 g/mol. The van der Waals surface area contributed by atoms with Gasteiger partial charge in [-0.2, -0.15) is 0 Å². The Labute approximate surface area is 212 Å². The Bertz CT molecular complexity index is 1590. The van der Waals surface area contributed by atoms with E-state index in [9.17, 15) is 19.5 Å². The van der Waals surface area contributed by atoms with Crippen molar-refractivity contribution in [2.24, 2.45) is 5.92 Å². The Morgan fingerprint density at radius 3 is 2.78 bits per heavy atom. The number of hydrogen-bond donors (Lipinski definition) is 3. The summed E-state index contributed by atoms with van der Waals surface area (Å²) in [6.45, 7) is -0.0784. The lowest BCUT2D eigenvalue weighted by atomic mass is 10.1. The van der Waals surface area contributed by atoms with E-state index < -0.39 is 12.0 Å². The molecule has 1 aliphatic heterocycles. The predicted molar refractivity (Wildman–Crippen MR) is 134 cm³/mol. The molecule has 1 saturated carbocycles. The standard InChI is InChI=1S/C24H20BrN7O4/c25-17-2-1-3-18(29-17)30-23(34)16-8-12-7-15(12)32(16)19(33)9-31-14-5-4-11(24(35)36)6-13(14)20-21(26)27-10-28-22(20)31/h1-6,10,12,15-16H,7-9H2,(H,35,36)(H2,26,27,28)(H,29,30,34)/t12-,15-,16+/m1/s1. The van der Waals surface area contributed by atoms with Gasteiger partial charge in [0.25, 0.3) is 0 Å². The van der Waals surface area contributed by atoms with Crippen LogP contribution in [0.15, 0.2) is 47.3 Å². The number of aromatic nitrogens is 4. The van der Waals surface area contributed by atoms with E-state index in [2.05, 4.69) is 36.2 Å².